The lowest BCUT2D eigenvalue weighted by atomic mass is 10.0. The van der Waals surface area contributed by atoms with Gasteiger partial charge in [0.1, 0.15) is 0 Å². The van der Waals surface area contributed by atoms with Crippen LogP contribution < -0.4 is 5.32 Å². The van der Waals surface area contributed by atoms with Gasteiger partial charge in [0.15, 0.2) is 5.78 Å². The number of ketones is 1. The summed E-state index contributed by atoms with van der Waals surface area (Å²) >= 11 is 0. The Kier molecular flexibility index (Phi) is 2.41. The third-order valence-corrected chi connectivity index (χ3v) is 1.82. The SMILES string of the molecule is C=CC(=O)C1=C(CC)C(=O)NC1=O. The number of amides is 2. The molecular weight excluding hydrogens is 170 g/mol. The number of hydrogen-bond acceptors (Lipinski definition) is 3. The van der Waals surface area contributed by atoms with E-state index in [9.17, 15) is 14.4 Å². The molecule has 68 valence electrons. The van der Waals surface area contributed by atoms with E-state index in [0.29, 0.717) is 6.42 Å². The lowest BCUT2D eigenvalue weighted by Crippen LogP contribution is -2.24. The summed E-state index contributed by atoms with van der Waals surface area (Å²) in [6, 6.07) is 0. The predicted octanol–water partition coefficient (Wildman–Crippen LogP) is 0.104. The van der Waals surface area contributed by atoms with E-state index in [-0.39, 0.29) is 11.1 Å². The van der Waals surface area contributed by atoms with Gasteiger partial charge in [0.25, 0.3) is 11.8 Å². The molecule has 0 fully saturated rings. The summed E-state index contributed by atoms with van der Waals surface area (Å²) in [4.78, 5) is 33.3. The molecule has 0 unspecified atom stereocenters. The van der Waals surface area contributed by atoms with Crippen LogP contribution in [0.15, 0.2) is 23.8 Å². The summed E-state index contributed by atoms with van der Waals surface area (Å²) in [5.74, 6) is -1.59. The van der Waals surface area contributed by atoms with Crippen LogP contribution in [0.1, 0.15) is 13.3 Å². The highest BCUT2D eigenvalue weighted by Gasteiger charge is 2.31. The second-order valence-electron chi connectivity index (χ2n) is 2.56. The zero-order chi connectivity index (χ0) is 10.0. The summed E-state index contributed by atoms with van der Waals surface area (Å²) in [5, 5.41) is 2.06. The fourth-order valence-electron chi connectivity index (χ4n) is 1.19. The molecule has 4 heteroatoms. The molecule has 13 heavy (non-hydrogen) atoms. The molecule has 0 bridgehead atoms. The van der Waals surface area contributed by atoms with Crippen LogP contribution in [0.4, 0.5) is 0 Å². The maximum absolute atomic E-state index is 11.2. The van der Waals surface area contributed by atoms with Crippen molar-refractivity contribution in [3.8, 4) is 0 Å². The first-order valence-electron chi connectivity index (χ1n) is 3.87. The number of allylic oxidation sites excluding steroid dienone is 1. The van der Waals surface area contributed by atoms with Crippen molar-refractivity contribution in [1.29, 1.82) is 0 Å². The average Bonchev–Trinajstić information content (AvgIpc) is 2.39. The highest BCUT2D eigenvalue weighted by molar-refractivity contribution is 6.34. The first-order valence-corrected chi connectivity index (χ1v) is 3.87. The quantitative estimate of drug-likeness (QED) is 0.380. The van der Waals surface area contributed by atoms with Crippen molar-refractivity contribution >= 4 is 17.6 Å². The Balaban J connectivity index is 3.20. The second-order valence-corrected chi connectivity index (χ2v) is 2.56. The summed E-state index contributed by atoms with van der Waals surface area (Å²) in [5.41, 5.74) is 0.178. The minimum atomic E-state index is -0.619. The van der Waals surface area contributed by atoms with E-state index in [1.54, 1.807) is 6.92 Å². The van der Waals surface area contributed by atoms with Gasteiger partial charge in [-0.2, -0.15) is 0 Å². The van der Waals surface area contributed by atoms with Gasteiger partial charge in [0.2, 0.25) is 0 Å². The fourth-order valence-corrected chi connectivity index (χ4v) is 1.19. The Labute approximate surface area is 75.3 Å². The van der Waals surface area contributed by atoms with Crippen molar-refractivity contribution in [2.75, 3.05) is 0 Å². The smallest absolute Gasteiger partial charge is 0.262 e. The van der Waals surface area contributed by atoms with E-state index >= 15 is 0 Å². The van der Waals surface area contributed by atoms with E-state index in [1.165, 1.54) is 0 Å². The van der Waals surface area contributed by atoms with Crippen LogP contribution in [-0.2, 0) is 14.4 Å². The molecule has 0 saturated carbocycles. The molecule has 4 nitrogen and oxygen atoms in total. The van der Waals surface area contributed by atoms with E-state index in [0.717, 1.165) is 6.08 Å². The third-order valence-electron chi connectivity index (χ3n) is 1.82. The molecule has 1 heterocycles. The first-order chi connectivity index (χ1) is 6.11. The molecule has 0 aliphatic carbocycles. The van der Waals surface area contributed by atoms with Crippen molar-refractivity contribution in [2.45, 2.75) is 13.3 Å². The van der Waals surface area contributed by atoms with E-state index in [1.807, 2.05) is 0 Å². The van der Waals surface area contributed by atoms with Crippen molar-refractivity contribution in [3.63, 3.8) is 0 Å². The van der Waals surface area contributed by atoms with Gasteiger partial charge in [-0.15, -0.1) is 0 Å². The van der Waals surface area contributed by atoms with Crippen molar-refractivity contribution in [2.24, 2.45) is 0 Å². The Morgan fingerprint density at radius 3 is 2.54 bits per heavy atom. The number of nitrogens with one attached hydrogen (secondary N) is 1. The van der Waals surface area contributed by atoms with E-state index < -0.39 is 17.6 Å². The fraction of sp³-hybridized carbons (Fsp3) is 0.222. The van der Waals surface area contributed by atoms with Gasteiger partial charge < -0.3 is 0 Å². The molecule has 0 aromatic rings. The molecule has 0 atom stereocenters. The van der Waals surface area contributed by atoms with Gasteiger partial charge in [0.05, 0.1) is 5.57 Å². The zero-order valence-electron chi connectivity index (χ0n) is 7.22. The van der Waals surface area contributed by atoms with Gasteiger partial charge >= 0.3 is 0 Å². The molecule has 1 aliphatic heterocycles. The Morgan fingerprint density at radius 1 is 1.46 bits per heavy atom. The van der Waals surface area contributed by atoms with Crippen LogP contribution >= 0.6 is 0 Å². The van der Waals surface area contributed by atoms with Crippen molar-refractivity contribution in [3.05, 3.63) is 23.8 Å². The second kappa shape index (κ2) is 3.35. The lowest BCUT2D eigenvalue weighted by molar-refractivity contribution is -0.124. The van der Waals surface area contributed by atoms with Crippen molar-refractivity contribution in [1.82, 2.24) is 5.32 Å². The summed E-state index contributed by atoms with van der Waals surface area (Å²) in [6.45, 7) is 4.97. The van der Waals surface area contributed by atoms with Crippen molar-refractivity contribution < 1.29 is 14.4 Å². The molecule has 1 rings (SSSR count). The molecule has 0 aromatic heterocycles. The minimum absolute atomic E-state index is 0.0671. The summed E-state index contributed by atoms with van der Waals surface area (Å²) in [6.07, 6.45) is 1.40. The topological polar surface area (TPSA) is 63.2 Å². The average molecular weight is 179 g/mol. The summed E-state index contributed by atoms with van der Waals surface area (Å²) in [7, 11) is 0. The standard InChI is InChI=1S/C9H9NO3/c1-3-5-7(6(11)4-2)9(13)10-8(5)12/h4H,2-3H2,1H3,(H,10,12,13). The van der Waals surface area contributed by atoms with Crippen LogP contribution in [0.25, 0.3) is 0 Å². The van der Waals surface area contributed by atoms with Gasteiger partial charge in [-0.1, -0.05) is 13.5 Å². The van der Waals surface area contributed by atoms with Gasteiger partial charge in [0, 0.05) is 5.57 Å². The number of rotatable bonds is 3. The molecule has 2 amide bonds. The lowest BCUT2D eigenvalue weighted by Gasteiger charge is -1.94. The predicted molar refractivity (Wildman–Crippen MR) is 45.7 cm³/mol. The minimum Gasteiger partial charge on any atom is -0.289 e. The molecule has 1 aliphatic rings. The number of carbonyl (C=O) groups is 3. The molecule has 0 aromatic carbocycles. The highest BCUT2D eigenvalue weighted by atomic mass is 16.2. The van der Waals surface area contributed by atoms with E-state index in [2.05, 4.69) is 11.9 Å². The molecule has 0 radical (unpaired) electrons. The Hall–Kier alpha value is -1.71. The normalized spacial score (nSPS) is 16.1. The number of carbonyl (C=O) groups excluding carboxylic acids is 3. The van der Waals surface area contributed by atoms with Crippen LogP contribution in [0.3, 0.4) is 0 Å². The third kappa shape index (κ3) is 1.42. The van der Waals surface area contributed by atoms with Gasteiger partial charge in [-0.25, -0.2) is 0 Å². The maximum Gasteiger partial charge on any atom is 0.262 e. The Morgan fingerprint density at radius 2 is 2.08 bits per heavy atom. The molecular formula is C9H9NO3. The molecule has 0 spiro atoms. The highest BCUT2D eigenvalue weighted by Crippen LogP contribution is 2.16. The Bertz CT molecular complexity index is 339. The number of hydrogen-bond donors (Lipinski definition) is 1. The molecule has 1 N–H and O–H groups in total. The van der Waals surface area contributed by atoms with Crippen LogP contribution in [0.2, 0.25) is 0 Å². The largest absolute Gasteiger partial charge is 0.289 e. The van der Waals surface area contributed by atoms with E-state index in [4.69, 9.17) is 0 Å². The van der Waals surface area contributed by atoms with Crippen LogP contribution in [0, 0.1) is 0 Å². The summed E-state index contributed by atoms with van der Waals surface area (Å²) < 4.78 is 0. The number of imide groups is 1. The monoisotopic (exact) mass is 179 g/mol. The van der Waals surface area contributed by atoms with Crippen LogP contribution in [-0.4, -0.2) is 17.6 Å². The van der Waals surface area contributed by atoms with Gasteiger partial charge in [-0.05, 0) is 12.5 Å². The van der Waals surface area contributed by atoms with Crippen LogP contribution in [0.5, 0.6) is 0 Å². The maximum atomic E-state index is 11.2. The van der Waals surface area contributed by atoms with Gasteiger partial charge in [-0.3, -0.25) is 19.7 Å². The zero-order valence-corrected chi connectivity index (χ0v) is 7.22. The molecule has 0 saturated heterocycles. The first kappa shape index (κ1) is 9.38.